The van der Waals surface area contributed by atoms with Crippen LogP contribution in [-0.4, -0.2) is 35.9 Å². The van der Waals surface area contributed by atoms with Crippen molar-refractivity contribution in [2.75, 3.05) is 5.32 Å². The number of carbonyl (C=O) groups is 1. The normalized spacial score (nSPS) is 12.2. The first-order valence-electron chi connectivity index (χ1n) is 10.3. The predicted molar refractivity (Wildman–Crippen MR) is 132 cm³/mol. The van der Waals surface area contributed by atoms with E-state index in [2.05, 4.69) is 37.6 Å². The maximum Gasteiger partial charge on any atom is 0.323 e. The molecule has 1 unspecified atom stereocenters. The second-order valence-electron chi connectivity index (χ2n) is 7.44. The van der Waals surface area contributed by atoms with Crippen molar-refractivity contribution in [1.29, 1.82) is 0 Å². The van der Waals surface area contributed by atoms with Gasteiger partial charge in [-0.2, -0.15) is 0 Å². The van der Waals surface area contributed by atoms with Gasteiger partial charge in [-0.15, -0.1) is 21.5 Å². The first-order chi connectivity index (χ1) is 16.1. The fraction of sp³-hybridized carbons (Fsp3) is 0.130. The van der Waals surface area contributed by atoms with Crippen LogP contribution in [-0.2, 0) is 11.3 Å². The van der Waals surface area contributed by atoms with Crippen LogP contribution in [0, 0.1) is 0 Å². The van der Waals surface area contributed by atoms with Gasteiger partial charge in [0.05, 0.1) is 27.7 Å². The summed E-state index contributed by atoms with van der Waals surface area (Å²) in [4.78, 5) is 30.8. The van der Waals surface area contributed by atoms with Crippen molar-refractivity contribution in [2.45, 2.75) is 23.9 Å². The highest BCUT2D eigenvalue weighted by atomic mass is 32.2. The molecule has 0 saturated heterocycles. The average molecular weight is 477 g/mol. The number of rotatable bonds is 7. The molecule has 0 aliphatic rings. The van der Waals surface area contributed by atoms with E-state index in [1.807, 2.05) is 47.2 Å². The number of anilines is 1. The summed E-state index contributed by atoms with van der Waals surface area (Å²) in [5, 5.41) is 14.0. The number of amides is 1. The minimum atomic E-state index is -0.416. The van der Waals surface area contributed by atoms with Crippen molar-refractivity contribution in [3.05, 3.63) is 82.1 Å². The highest BCUT2D eigenvalue weighted by Crippen LogP contribution is 2.30. The van der Waals surface area contributed by atoms with Crippen molar-refractivity contribution in [3.63, 3.8) is 0 Å². The van der Waals surface area contributed by atoms with Crippen molar-refractivity contribution in [3.8, 4) is 10.7 Å². The molecule has 10 heteroatoms. The third kappa shape index (κ3) is 4.62. The van der Waals surface area contributed by atoms with Crippen LogP contribution in [0.1, 0.15) is 12.5 Å². The summed E-state index contributed by atoms with van der Waals surface area (Å²) >= 11 is 2.96. The minimum Gasteiger partial charge on any atom is -0.325 e. The van der Waals surface area contributed by atoms with Crippen molar-refractivity contribution >= 4 is 45.7 Å². The predicted octanol–water partition coefficient (Wildman–Crippen LogP) is 4.34. The van der Waals surface area contributed by atoms with Gasteiger partial charge >= 0.3 is 5.69 Å². The molecule has 0 fully saturated rings. The Labute approximate surface area is 197 Å². The number of carbonyl (C=O) groups excluding carboxylic acids is 1. The van der Waals surface area contributed by atoms with Gasteiger partial charge < -0.3 is 15.3 Å². The minimum absolute atomic E-state index is 0.163. The van der Waals surface area contributed by atoms with E-state index >= 15 is 0 Å². The molecule has 0 saturated carbocycles. The Morgan fingerprint density at radius 3 is 2.70 bits per heavy atom. The maximum atomic E-state index is 12.9. The zero-order valence-corrected chi connectivity index (χ0v) is 19.2. The van der Waals surface area contributed by atoms with E-state index in [0.717, 1.165) is 16.3 Å². The third-order valence-electron chi connectivity index (χ3n) is 5.08. The molecule has 0 spiro atoms. The fourth-order valence-electron chi connectivity index (χ4n) is 3.44. The van der Waals surface area contributed by atoms with Crippen LogP contribution in [0.5, 0.6) is 0 Å². The van der Waals surface area contributed by atoms with E-state index in [1.54, 1.807) is 29.5 Å². The number of thiophene rings is 1. The van der Waals surface area contributed by atoms with Crippen LogP contribution >= 0.6 is 23.1 Å². The summed E-state index contributed by atoms with van der Waals surface area (Å²) in [6.07, 6.45) is 0. The van der Waals surface area contributed by atoms with Crippen molar-refractivity contribution < 1.29 is 4.79 Å². The second kappa shape index (κ2) is 9.08. The SMILES string of the molecule is CC(Sc1nnc(-c2cccs2)n1Cc1ccccc1)C(=O)Nc1ccc2[nH]c(=O)[nH]c2c1. The molecule has 0 aliphatic heterocycles. The molecule has 0 aliphatic carbocycles. The van der Waals surface area contributed by atoms with Crippen molar-refractivity contribution in [1.82, 2.24) is 24.7 Å². The van der Waals surface area contributed by atoms with E-state index in [0.29, 0.717) is 28.4 Å². The summed E-state index contributed by atoms with van der Waals surface area (Å²) in [5.74, 6) is 0.620. The smallest absolute Gasteiger partial charge is 0.323 e. The lowest BCUT2D eigenvalue weighted by Gasteiger charge is -2.14. The summed E-state index contributed by atoms with van der Waals surface area (Å²) in [7, 11) is 0. The van der Waals surface area contributed by atoms with Crippen LogP contribution in [0.25, 0.3) is 21.7 Å². The van der Waals surface area contributed by atoms with Gasteiger partial charge in [-0.3, -0.25) is 9.36 Å². The Hall–Kier alpha value is -3.63. The molecule has 5 rings (SSSR count). The highest BCUT2D eigenvalue weighted by molar-refractivity contribution is 8.00. The number of hydrogen-bond donors (Lipinski definition) is 3. The van der Waals surface area contributed by atoms with E-state index in [1.165, 1.54) is 11.8 Å². The van der Waals surface area contributed by atoms with Crippen LogP contribution < -0.4 is 11.0 Å². The molecule has 3 N–H and O–H groups in total. The summed E-state index contributed by atoms with van der Waals surface area (Å²) in [5.41, 5.74) is 2.79. The number of aromatic amines is 2. The Balaban J connectivity index is 1.37. The van der Waals surface area contributed by atoms with Crippen molar-refractivity contribution in [2.24, 2.45) is 0 Å². The van der Waals surface area contributed by atoms with Crippen LogP contribution in [0.3, 0.4) is 0 Å². The first kappa shape index (κ1) is 21.2. The standard InChI is InChI=1S/C23H20N6O2S2/c1-14(21(30)24-16-9-10-17-18(12-16)26-22(31)25-17)33-23-28-27-20(19-8-5-11-32-19)29(23)13-15-6-3-2-4-7-15/h2-12,14H,13H2,1H3,(H,24,30)(H2,25,26,31). The molecule has 33 heavy (non-hydrogen) atoms. The molecule has 166 valence electrons. The highest BCUT2D eigenvalue weighted by Gasteiger charge is 2.22. The van der Waals surface area contributed by atoms with Gasteiger partial charge in [0, 0.05) is 5.69 Å². The Kier molecular flexibility index (Phi) is 5.84. The number of hydrogen-bond acceptors (Lipinski definition) is 6. The number of H-pyrrole nitrogens is 2. The van der Waals surface area contributed by atoms with Gasteiger partial charge in [0.2, 0.25) is 5.91 Å². The molecule has 8 nitrogen and oxygen atoms in total. The van der Waals surface area contributed by atoms with Crippen LogP contribution in [0.4, 0.5) is 5.69 Å². The van der Waals surface area contributed by atoms with E-state index in [-0.39, 0.29) is 11.6 Å². The summed E-state index contributed by atoms with van der Waals surface area (Å²) < 4.78 is 2.05. The average Bonchev–Trinajstić information content (AvgIpc) is 3.54. The van der Waals surface area contributed by atoms with Gasteiger partial charge in [-0.25, -0.2) is 4.79 Å². The lowest BCUT2D eigenvalue weighted by molar-refractivity contribution is -0.115. The third-order valence-corrected chi connectivity index (χ3v) is 7.02. The fourth-order valence-corrected chi connectivity index (χ4v) is 5.00. The number of fused-ring (bicyclic) bond motifs is 1. The Morgan fingerprint density at radius 2 is 1.91 bits per heavy atom. The second-order valence-corrected chi connectivity index (χ2v) is 9.70. The quantitative estimate of drug-likeness (QED) is 0.303. The molecular weight excluding hydrogens is 456 g/mol. The van der Waals surface area contributed by atoms with Gasteiger partial charge in [-0.1, -0.05) is 48.2 Å². The number of nitrogens with one attached hydrogen (secondary N) is 3. The van der Waals surface area contributed by atoms with Crippen LogP contribution in [0.15, 0.2) is 76.0 Å². The van der Waals surface area contributed by atoms with E-state index < -0.39 is 5.25 Å². The van der Waals surface area contributed by atoms with Crippen LogP contribution in [0.2, 0.25) is 0 Å². The molecule has 3 heterocycles. The number of benzene rings is 2. The molecule has 2 aromatic carbocycles. The molecule has 3 aromatic heterocycles. The zero-order valence-electron chi connectivity index (χ0n) is 17.6. The maximum absolute atomic E-state index is 12.9. The number of imidazole rings is 1. The van der Waals surface area contributed by atoms with E-state index in [9.17, 15) is 9.59 Å². The molecular formula is C23H20N6O2S2. The number of thioether (sulfide) groups is 1. The topological polar surface area (TPSA) is 108 Å². The lowest BCUT2D eigenvalue weighted by atomic mass is 10.2. The number of nitrogens with zero attached hydrogens (tertiary/aromatic N) is 3. The van der Waals surface area contributed by atoms with Gasteiger partial charge in [-0.05, 0) is 42.1 Å². The van der Waals surface area contributed by atoms with E-state index in [4.69, 9.17) is 0 Å². The van der Waals surface area contributed by atoms with Gasteiger partial charge in [0.1, 0.15) is 0 Å². The molecule has 0 radical (unpaired) electrons. The summed E-state index contributed by atoms with van der Waals surface area (Å²) in [6.45, 7) is 2.44. The molecule has 5 aromatic rings. The monoisotopic (exact) mass is 476 g/mol. The molecule has 1 amide bonds. The largest absolute Gasteiger partial charge is 0.325 e. The summed E-state index contributed by atoms with van der Waals surface area (Å²) in [6, 6.07) is 19.4. The van der Waals surface area contributed by atoms with Gasteiger partial charge in [0.25, 0.3) is 0 Å². The zero-order chi connectivity index (χ0) is 22.8. The lowest BCUT2D eigenvalue weighted by Crippen LogP contribution is -2.23. The molecule has 1 atom stereocenters. The Morgan fingerprint density at radius 1 is 1.09 bits per heavy atom. The Bertz CT molecular complexity index is 1450. The first-order valence-corrected chi connectivity index (χ1v) is 12.0. The number of aromatic nitrogens is 5. The van der Waals surface area contributed by atoms with Gasteiger partial charge in [0.15, 0.2) is 11.0 Å². The molecule has 0 bridgehead atoms.